The largest absolute Gasteiger partial charge is 0.479 e. The van der Waals surface area contributed by atoms with E-state index in [-0.39, 0.29) is 0 Å². The summed E-state index contributed by atoms with van der Waals surface area (Å²) in [6.45, 7) is 2.30. The first kappa shape index (κ1) is 12.6. The molecule has 0 fully saturated rings. The summed E-state index contributed by atoms with van der Waals surface area (Å²) in [5, 5.41) is 10.2. The van der Waals surface area contributed by atoms with Gasteiger partial charge in [-0.05, 0) is 36.8 Å². The molecule has 2 nitrogen and oxygen atoms in total. The molecule has 1 heterocycles. The summed E-state index contributed by atoms with van der Waals surface area (Å²) in [6.07, 6.45) is -0.426. The number of halogens is 1. The van der Waals surface area contributed by atoms with E-state index in [1.165, 1.54) is 11.3 Å². The second-order valence-corrected chi connectivity index (χ2v) is 5.74. The first-order valence-corrected chi connectivity index (χ1v) is 6.91. The van der Waals surface area contributed by atoms with Crippen LogP contribution in [0.25, 0.3) is 0 Å². The molecule has 2 rings (SSSR count). The Morgan fingerprint density at radius 1 is 1.24 bits per heavy atom. The number of rotatable bonds is 4. The van der Waals surface area contributed by atoms with Gasteiger partial charge in [-0.3, -0.25) is 0 Å². The van der Waals surface area contributed by atoms with Crippen molar-refractivity contribution < 1.29 is 9.84 Å². The molecule has 0 spiro atoms. The van der Waals surface area contributed by atoms with Gasteiger partial charge in [0.15, 0.2) is 5.06 Å². The lowest BCUT2D eigenvalue weighted by atomic mass is 10.2. The van der Waals surface area contributed by atoms with E-state index in [0.29, 0.717) is 6.61 Å². The Bertz CT molecular complexity index is 476. The van der Waals surface area contributed by atoms with E-state index >= 15 is 0 Å². The van der Waals surface area contributed by atoms with Crippen LogP contribution in [0.4, 0.5) is 0 Å². The molecule has 1 aromatic heterocycles. The van der Waals surface area contributed by atoms with Crippen molar-refractivity contribution in [3.05, 3.63) is 51.3 Å². The normalized spacial score (nSPS) is 12.4. The fourth-order valence-corrected chi connectivity index (χ4v) is 2.43. The van der Waals surface area contributed by atoms with E-state index in [9.17, 15) is 5.11 Å². The van der Waals surface area contributed by atoms with Crippen molar-refractivity contribution in [2.75, 3.05) is 0 Å². The van der Waals surface area contributed by atoms with Crippen LogP contribution in [0.2, 0.25) is 0 Å². The highest BCUT2D eigenvalue weighted by molar-refractivity contribution is 9.10. The zero-order valence-electron chi connectivity index (χ0n) is 9.39. The standard InChI is InChI=1S/C13H13BrO2S/c1-9(15)12-6-7-13(17-12)16-8-10-2-4-11(14)5-3-10/h2-7,9,15H,8H2,1H3. The number of thiophene rings is 1. The minimum atomic E-state index is -0.426. The average Bonchev–Trinajstić information content (AvgIpc) is 2.77. The lowest BCUT2D eigenvalue weighted by Crippen LogP contribution is -1.92. The molecule has 0 aliphatic heterocycles. The lowest BCUT2D eigenvalue weighted by molar-refractivity contribution is 0.203. The number of hydrogen-bond acceptors (Lipinski definition) is 3. The third-order valence-corrected chi connectivity index (χ3v) is 4.00. The third-order valence-electron chi connectivity index (χ3n) is 2.31. The van der Waals surface area contributed by atoms with Crippen LogP contribution in [0.15, 0.2) is 40.9 Å². The lowest BCUT2D eigenvalue weighted by Gasteiger charge is -2.03. The molecule has 0 aliphatic rings. The summed E-state index contributed by atoms with van der Waals surface area (Å²) in [7, 11) is 0. The molecule has 0 saturated heterocycles. The molecule has 2 aromatic rings. The summed E-state index contributed by atoms with van der Waals surface area (Å²) >= 11 is 4.88. The monoisotopic (exact) mass is 312 g/mol. The van der Waals surface area contributed by atoms with Crippen molar-refractivity contribution in [2.24, 2.45) is 0 Å². The van der Waals surface area contributed by atoms with Gasteiger partial charge < -0.3 is 9.84 Å². The zero-order valence-corrected chi connectivity index (χ0v) is 11.8. The predicted molar refractivity (Wildman–Crippen MR) is 73.4 cm³/mol. The van der Waals surface area contributed by atoms with E-state index in [1.54, 1.807) is 6.92 Å². The van der Waals surface area contributed by atoms with Crippen molar-refractivity contribution in [1.82, 2.24) is 0 Å². The molecule has 0 amide bonds. The van der Waals surface area contributed by atoms with Crippen LogP contribution in [-0.4, -0.2) is 5.11 Å². The SMILES string of the molecule is CC(O)c1ccc(OCc2ccc(Br)cc2)s1. The summed E-state index contributed by atoms with van der Waals surface area (Å²) in [5.41, 5.74) is 1.13. The highest BCUT2D eigenvalue weighted by Crippen LogP contribution is 2.29. The number of aliphatic hydroxyl groups excluding tert-OH is 1. The van der Waals surface area contributed by atoms with Crippen molar-refractivity contribution in [3.8, 4) is 5.06 Å². The van der Waals surface area contributed by atoms with Gasteiger partial charge in [-0.15, -0.1) is 11.3 Å². The Kier molecular flexibility index (Phi) is 4.20. The molecular weight excluding hydrogens is 300 g/mol. The van der Waals surface area contributed by atoms with Gasteiger partial charge in [0, 0.05) is 9.35 Å². The maximum Gasteiger partial charge on any atom is 0.174 e. The van der Waals surface area contributed by atoms with Crippen LogP contribution in [0.5, 0.6) is 5.06 Å². The Morgan fingerprint density at radius 2 is 1.94 bits per heavy atom. The predicted octanol–water partition coefficient (Wildman–Crippen LogP) is 4.14. The Hall–Kier alpha value is -0.840. The molecule has 1 N–H and O–H groups in total. The highest BCUT2D eigenvalue weighted by atomic mass is 79.9. The molecule has 0 aliphatic carbocycles. The molecular formula is C13H13BrO2S. The summed E-state index contributed by atoms with van der Waals surface area (Å²) in [6, 6.07) is 11.8. The minimum Gasteiger partial charge on any atom is -0.479 e. The fraction of sp³-hybridized carbons (Fsp3) is 0.231. The zero-order chi connectivity index (χ0) is 12.3. The van der Waals surface area contributed by atoms with Crippen molar-refractivity contribution in [3.63, 3.8) is 0 Å². The second kappa shape index (κ2) is 5.67. The van der Waals surface area contributed by atoms with Crippen LogP contribution in [0.1, 0.15) is 23.5 Å². The molecule has 4 heteroatoms. The molecule has 0 radical (unpaired) electrons. The number of ether oxygens (including phenoxy) is 1. The Morgan fingerprint density at radius 3 is 2.53 bits per heavy atom. The smallest absolute Gasteiger partial charge is 0.174 e. The van der Waals surface area contributed by atoms with Gasteiger partial charge in [-0.25, -0.2) is 0 Å². The first-order chi connectivity index (χ1) is 8.15. The van der Waals surface area contributed by atoms with Crippen molar-refractivity contribution >= 4 is 27.3 Å². The van der Waals surface area contributed by atoms with E-state index in [0.717, 1.165) is 20.0 Å². The fourth-order valence-electron chi connectivity index (χ4n) is 1.37. The van der Waals surface area contributed by atoms with E-state index < -0.39 is 6.10 Å². The quantitative estimate of drug-likeness (QED) is 0.919. The van der Waals surface area contributed by atoms with Gasteiger partial charge in [0.05, 0.1) is 6.10 Å². The van der Waals surface area contributed by atoms with Gasteiger partial charge in [0.25, 0.3) is 0 Å². The van der Waals surface area contributed by atoms with Crippen LogP contribution >= 0.6 is 27.3 Å². The molecule has 1 unspecified atom stereocenters. The average molecular weight is 313 g/mol. The van der Waals surface area contributed by atoms with Crippen molar-refractivity contribution in [1.29, 1.82) is 0 Å². The maximum atomic E-state index is 9.40. The molecule has 1 aromatic carbocycles. The highest BCUT2D eigenvalue weighted by Gasteiger charge is 2.05. The van der Waals surface area contributed by atoms with Gasteiger partial charge in [-0.2, -0.15) is 0 Å². The van der Waals surface area contributed by atoms with Crippen LogP contribution in [0, 0.1) is 0 Å². The molecule has 1 atom stereocenters. The van der Waals surface area contributed by atoms with Gasteiger partial charge >= 0.3 is 0 Å². The van der Waals surface area contributed by atoms with Crippen LogP contribution in [-0.2, 0) is 6.61 Å². The van der Waals surface area contributed by atoms with E-state index in [2.05, 4.69) is 15.9 Å². The Balaban J connectivity index is 1.95. The maximum absolute atomic E-state index is 9.40. The summed E-state index contributed by atoms with van der Waals surface area (Å²) in [5.74, 6) is 0. The van der Waals surface area contributed by atoms with E-state index in [4.69, 9.17) is 4.74 Å². The molecule has 0 bridgehead atoms. The molecule has 0 saturated carbocycles. The first-order valence-electron chi connectivity index (χ1n) is 5.30. The van der Waals surface area contributed by atoms with Gasteiger partial charge in [0.2, 0.25) is 0 Å². The summed E-state index contributed by atoms with van der Waals surface area (Å²) < 4.78 is 6.72. The number of benzene rings is 1. The van der Waals surface area contributed by atoms with Gasteiger partial charge in [-0.1, -0.05) is 28.1 Å². The van der Waals surface area contributed by atoms with E-state index in [1.807, 2.05) is 36.4 Å². The summed E-state index contributed by atoms with van der Waals surface area (Å²) in [4.78, 5) is 0.927. The molecule has 90 valence electrons. The third kappa shape index (κ3) is 3.56. The number of hydrogen-bond donors (Lipinski definition) is 1. The topological polar surface area (TPSA) is 29.5 Å². The minimum absolute atomic E-state index is 0.426. The second-order valence-electron chi connectivity index (χ2n) is 3.75. The van der Waals surface area contributed by atoms with Gasteiger partial charge in [0.1, 0.15) is 6.61 Å². The Labute approximate surface area is 113 Å². The van der Waals surface area contributed by atoms with Crippen molar-refractivity contribution in [2.45, 2.75) is 19.6 Å². The molecule has 17 heavy (non-hydrogen) atoms. The number of aliphatic hydroxyl groups is 1. The van der Waals surface area contributed by atoms with Crippen LogP contribution < -0.4 is 4.74 Å². The van der Waals surface area contributed by atoms with Crippen LogP contribution in [0.3, 0.4) is 0 Å².